The molecule has 1 saturated heterocycles. The molecule has 0 amide bonds. The molecule has 1 fully saturated rings. The van der Waals surface area contributed by atoms with Crippen molar-refractivity contribution in [2.75, 3.05) is 24.6 Å². The van der Waals surface area contributed by atoms with Crippen LogP contribution in [0.4, 0.5) is 10.3 Å². The maximum Gasteiger partial charge on any atom is 0.204 e. The summed E-state index contributed by atoms with van der Waals surface area (Å²) in [6.45, 7) is 2.02. The lowest BCUT2D eigenvalue weighted by atomic mass is 10.1. The van der Waals surface area contributed by atoms with Gasteiger partial charge in [0.2, 0.25) is 5.95 Å². The molecule has 22 heavy (non-hydrogen) atoms. The van der Waals surface area contributed by atoms with Crippen molar-refractivity contribution in [1.29, 1.82) is 0 Å². The molecule has 1 unspecified atom stereocenters. The second kappa shape index (κ2) is 5.42. The number of aromatic nitrogens is 2. The van der Waals surface area contributed by atoms with Gasteiger partial charge >= 0.3 is 0 Å². The van der Waals surface area contributed by atoms with Gasteiger partial charge in [0.25, 0.3) is 0 Å². The molecule has 1 N–H and O–H groups in total. The fourth-order valence-corrected chi connectivity index (χ4v) is 2.84. The fourth-order valence-electron chi connectivity index (χ4n) is 2.84. The number of para-hydroxylation sites is 2. The molecule has 0 spiro atoms. The molecule has 4 rings (SSSR count). The zero-order valence-electron chi connectivity index (χ0n) is 12.0. The SMILES string of the molecule is Fc1cccc(C2CN(c3nc4ccccc4[nH]3)CCO2)c1. The summed E-state index contributed by atoms with van der Waals surface area (Å²) in [5.74, 6) is 0.605. The maximum atomic E-state index is 13.4. The number of rotatable bonds is 2. The minimum atomic E-state index is -0.234. The Hall–Kier alpha value is -2.40. The van der Waals surface area contributed by atoms with Gasteiger partial charge in [0.1, 0.15) is 11.9 Å². The Morgan fingerprint density at radius 3 is 2.95 bits per heavy atom. The highest BCUT2D eigenvalue weighted by molar-refractivity contribution is 5.77. The van der Waals surface area contributed by atoms with E-state index in [-0.39, 0.29) is 11.9 Å². The number of imidazole rings is 1. The van der Waals surface area contributed by atoms with Crippen LogP contribution in [0.25, 0.3) is 11.0 Å². The van der Waals surface area contributed by atoms with Crippen molar-refractivity contribution < 1.29 is 9.13 Å². The monoisotopic (exact) mass is 297 g/mol. The number of hydrogen-bond donors (Lipinski definition) is 1. The number of nitrogens with zero attached hydrogens (tertiary/aromatic N) is 2. The van der Waals surface area contributed by atoms with E-state index < -0.39 is 0 Å². The van der Waals surface area contributed by atoms with E-state index in [4.69, 9.17) is 4.74 Å². The highest BCUT2D eigenvalue weighted by atomic mass is 19.1. The topological polar surface area (TPSA) is 41.2 Å². The lowest BCUT2D eigenvalue weighted by molar-refractivity contribution is 0.0391. The Labute approximate surface area is 127 Å². The summed E-state index contributed by atoms with van der Waals surface area (Å²) >= 11 is 0. The molecule has 0 radical (unpaired) electrons. The van der Waals surface area contributed by atoms with Crippen LogP contribution in [0.15, 0.2) is 48.5 Å². The normalized spacial score (nSPS) is 18.8. The Morgan fingerprint density at radius 1 is 1.18 bits per heavy atom. The van der Waals surface area contributed by atoms with Crippen LogP contribution < -0.4 is 4.90 Å². The van der Waals surface area contributed by atoms with Gasteiger partial charge in [0, 0.05) is 6.54 Å². The van der Waals surface area contributed by atoms with Crippen LogP contribution in [-0.4, -0.2) is 29.7 Å². The zero-order chi connectivity index (χ0) is 14.9. The molecule has 0 saturated carbocycles. The quantitative estimate of drug-likeness (QED) is 0.789. The number of hydrogen-bond acceptors (Lipinski definition) is 3. The number of H-pyrrole nitrogens is 1. The van der Waals surface area contributed by atoms with Crippen molar-refractivity contribution in [3.8, 4) is 0 Å². The van der Waals surface area contributed by atoms with Crippen LogP contribution in [-0.2, 0) is 4.74 Å². The molecule has 3 aromatic rings. The van der Waals surface area contributed by atoms with Crippen LogP contribution >= 0.6 is 0 Å². The maximum absolute atomic E-state index is 13.4. The third-order valence-corrected chi connectivity index (χ3v) is 3.96. The van der Waals surface area contributed by atoms with Gasteiger partial charge in [-0.05, 0) is 29.8 Å². The number of morpholine rings is 1. The molecule has 1 aromatic heterocycles. The summed E-state index contributed by atoms with van der Waals surface area (Å²) in [7, 11) is 0. The van der Waals surface area contributed by atoms with E-state index in [0.29, 0.717) is 13.2 Å². The molecule has 112 valence electrons. The second-order valence-electron chi connectivity index (χ2n) is 5.44. The molecule has 1 atom stereocenters. The first-order valence-electron chi connectivity index (χ1n) is 7.36. The Bertz CT molecular complexity index is 768. The number of ether oxygens (including phenoxy) is 1. The molecular formula is C17H16FN3O. The van der Waals surface area contributed by atoms with Crippen LogP contribution in [0.3, 0.4) is 0 Å². The van der Waals surface area contributed by atoms with Gasteiger partial charge in [-0.3, -0.25) is 0 Å². The van der Waals surface area contributed by atoms with Crippen molar-refractivity contribution >= 4 is 17.0 Å². The Morgan fingerprint density at radius 2 is 2.09 bits per heavy atom. The summed E-state index contributed by atoms with van der Waals surface area (Å²) in [5, 5.41) is 0. The van der Waals surface area contributed by atoms with E-state index in [0.717, 1.165) is 29.1 Å². The van der Waals surface area contributed by atoms with Gasteiger partial charge in [-0.25, -0.2) is 9.37 Å². The van der Waals surface area contributed by atoms with Crippen molar-refractivity contribution in [3.63, 3.8) is 0 Å². The summed E-state index contributed by atoms with van der Waals surface area (Å²) < 4.78 is 19.2. The molecule has 0 aliphatic carbocycles. The van der Waals surface area contributed by atoms with Crippen molar-refractivity contribution in [1.82, 2.24) is 9.97 Å². The third kappa shape index (κ3) is 2.44. The highest BCUT2D eigenvalue weighted by Crippen LogP contribution is 2.26. The fraction of sp³-hybridized carbons (Fsp3) is 0.235. The second-order valence-corrected chi connectivity index (χ2v) is 5.44. The van der Waals surface area contributed by atoms with Gasteiger partial charge in [0.15, 0.2) is 0 Å². The first-order valence-corrected chi connectivity index (χ1v) is 7.36. The van der Waals surface area contributed by atoms with E-state index in [2.05, 4.69) is 14.9 Å². The van der Waals surface area contributed by atoms with Crippen LogP contribution in [0.1, 0.15) is 11.7 Å². The molecule has 5 heteroatoms. The number of fused-ring (bicyclic) bond motifs is 1. The average molecular weight is 297 g/mol. The minimum absolute atomic E-state index is 0.141. The molecule has 1 aliphatic heterocycles. The van der Waals surface area contributed by atoms with E-state index >= 15 is 0 Å². The summed E-state index contributed by atoms with van der Waals surface area (Å²) in [5.41, 5.74) is 2.83. The number of halogens is 1. The third-order valence-electron chi connectivity index (χ3n) is 3.96. The Balaban J connectivity index is 1.60. The number of nitrogens with one attached hydrogen (secondary N) is 1. The first kappa shape index (κ1) is 13.3. The lowest BCUT2D eigenvalue weighted by Crippen LogP contribution is -2.39. The van der Waals surface area contributed by atoms with Gasteiger partial charge < -0.3 is 14.6 Å². The zero-order valence-corrected chi connectivity index (χ0v) is 12.0. The predicted molar refractivity (Wildman–Crippen MR) is 83.4 cm³/mol. The predicted octanol–water partition coefficient (Wildman–Crippen LogP) is 3.28. The van der Waals surface area contributed by atoms with Crippen LogP contribution in [0.5, 0.6) is 0 Å². The van der Waals surface area contributed by atoms with Crippen LogP contribution in [0, 0.1) is 5.82 Å². The standard InChI is InChI=1S/C17H16FN3O/c18-13-5-3-4-12(10-13)16-11-21(8-9-22-16)17-19-14-6-1-2-7-15(14)20-17/h1-7,10,16H,8-9,11H2,(H,19,20). The first-order chi connectivity index (χ1) is 10.8. The van der Waals surface area contributed by atoms with Crippen molar-refractivity contribution in [3.05, 3.63) is 59.9 Å². The number of aromatic amines is 1. The molecule has 0 bridgehead atoms. The van der Waals surface area contributed by atoms with E-state index in [9.17, 15) is 4.39 Å². The smallest absolute Gasteiger partial charge is 0.204 e. The number of benzene rings is 2. The van der Waals surface area contributed by atoms with Gasteiger partial charge in [-0.2, -0.15) is 0 Å². The lowest BCUT2D eigenvalue weighted by Gasteiger charge is -2.33. The summed E-state index contributed by atoms with van der Waals surface area (Å²) in [6, 6.07) is 14.6. The van der Waals surface area contributed by atoms with Crippen LogP contribution in [0.2, 0.25) is 0 Å². The van der Waals surface area contributed by atoms with Gasteiger partial charge in [-0.1, -0.05) is 24.3 Å². The average Bonchev–Trinajstić information content (AvgIpc) is 2.99. The summed E-state index contributed by atoms with van der Waals surface area (Å²) in [6.07, 6.45) is -0.141. The Kier molecular flexibility index (Phi) is 3.27. The molecule has 1 aliphatic rings. The molecule has 2 heterocycles. The molecule has 2 aromatic carbocycles. The molecule has 4 nitrogen and oxygen atoms in total. The minimum Gasteiger partial charge on any atom is -0.370 e. The van der Waals surface area contributed by atoms with E-state index in [1.54, 1.807) is 6.07 Å². The van der Waals surface area contributed by atoms with Crippen molar-refractivity contribution in [2.45, 2.75) is 6.10 Å². The van der Waals surface area contributed by atoms with Crippen molar-refractivity contribution in [2.24, 2.45) is 0 Å². The van der Waals surface area contributed by atoms with E-state index in [1.807, 2.05) is 30.3 Å². The van der Waals surface area contributed by atoms with Gasteiger partial charge in [0.05, 0.1) is 24.2 Å². The summed E-state index contributed by atoms with van der Waals surface area (Å²) in [4.78, 5) is 10.1. The van der Waals surface area contributed by atoms with Gasteiger partial charge in [-0.15, -0.1) is 0 Å². The molecular weight excluding hydrogens is 281 g/mol. The number of anilines is 1. The van der Waals surface area contributed by atoms with E-state index in [1.165, 1.54) is 12.1 Å². The highest BCUT2D eigenvalue weighted by Gasteiger charge is 2.24. The largest absolute Gasteiger partial charge is 0.370 e.